The van der Waals surface area contributed by atoms with Crippen LogP contribution in [0, 0.1) is 0 Å². The fraction of sp³-hybridized carbons (Fsp3) is 0.184. The fourth-order valence-corrected chi connectivity index (χ4v) is 9.79. The molecule has 0 spiro atoms. The quantitative estimate of drug-likeness (QED) is 0.183. The molecule has 1 heterocycles. The van der Waals surface area contributed by atoms with Crippen molar-refractivity contribution in [2.45, 2.75) is 57.4 Å². The summed E-state index contributed by atoms with van der Waals surface area (Å²) in [5.41, 5.74) is 18.1. The highest BCUT2D eigenvalue weighted by atomic mass is 15.2. The molecule has 0 aliphatic heterocycles. The molecule has 0 fully saturated rings. The summed E-state index contributed by atoms with van der Waals surface area (Å²) in [6, 6.07) is 52.1. The number of hydrogen-bond acceptors (Lipinski definition) is 1. The Morgan fingerprint density at radius 3 is 1.84 bits per heavy atom. The Labute approximate surface area is 301 Å². The molecule has 0 saturated heterocycles. The molecule has 2 nitrogen and oxygen atoms in total. The lowest BCUT2D eigenvalue weighted by atomic mass is 9.81. The van der Waals surface area contributed by atoms with Gasteiger partial charge >= 0.3 is 0 Å². The van der Waals surface area contributed by atoms with Crippen molar-refractivity contribution in [2.24, 2.45) is 0 Å². The summed E-state index contributed by atoms with van der Waals surface area (Å²) in [4.78, 5) is 2.63. The highest BCUT2D eigenvalue weighted by Crippen LogP contribution is 2.53. The zero-order valence-electron chi connectivity index (χ0n) is 30.0. The molecule has 1 aromatic heterocycles. The Morgan fingerprint density at radius 1 is 0.510 bits per heavy atom. The number of aromatic nitrogens is 1. The first-order valence-corrected chi connectivity index (χ1v) is 18.3. The Morgan fingerprint density at radius 2 is 1.08 bits per heavy atom. The highest BCUT2D eigenvalue weighted by molar-refractivity contribution is 5.92. The second-order valence-electron chi connectivity index (χ2n) is 16.1. The van der Waals surface area contributed by atoms with Crippen molar-refractivity contribution < 1.29 is 0 Å². The lowest BCUT2D eigenvalue weighted by Gasteiger charge is -2.43. The van der Waals surface area contributed by atoms with Gasteiger partial charge in [0.1, 0.15) is 0 Å². The molecule has 3 aliphatic carbocycles. The minimum absolute atomic E-state index is 0.0402. The lowest BCUT2D eigenvalue weighted by Crippen LogP contribution is -2.45. The highest BCUT2D eigenvalue weighted by Gasteiger charge is 2.41. The van der Waals surface area contributed by atoms with Crippen molar-refractivity contribution in [3.05, 3.63) is 179 Å². The van der Waals surface area contributed by atoms with Gasteiger partial charge in [-0.3, -0.25) is 0 Å². The molecule has 1 unspecified atom stereocenters. The van der Waals surface area contributed by atoms with E-state index in [1.165, 1.54) is 83.7 Å². The number of rotatable bonds is 4. The summed E-state index contributed by atoms with van der Waals surface area (Å²) in [6.07, 6.45) is 5.72. The summed E-state index contributed by atoms with van der Waals surface area (Å²) in [5.74, 6) is 0. The molecular weight excluding hydrogens is 617 g/mol. The molecule has 6 aromatic carbocycles. The van der Waals surface area contributed by atoms with Crippen LogP contribution < -0.4 is 4.90 Å². The molecule has 1 atom stereocenters. The van der Waals surface area contributed by atoms with E-state index >= 15 is 0 Å². The van der Waals surface area contributed by atoms with E-state index in [4.69, 9.17) is 0 Å². The van der Waals surface area contributed by atoms with E-state index in [0.29, 0.717) is 0 Å². The maximum atomic E-state index is 2.63. The zero-order valence-corrected chi connectivity index (χ0v) is 30.0. The second kappa shape index (κ2) is 10.5. The van der Waals surface area contributed by atoms with Gasteiger partial charge in [0.05, 0.1) is 11.1 Å². The summed E-state index contributed by atoms with van der Waals surface area (Å²) in [5, 5.41) is 1.32. The van der Waals surface area contributed by atoms with Crippen LogP contribution in [0.5, 0.6) is 0 Å². The van der Waals surface area contributed by atoms with Crippen LogP contribution >= 0.6 is 0 Å². The van der Waals surface area contributed by atoms with Gasteiger partial charge in [-0.15, -0.1) is 0 Å². The topological polar surface area (TPSA) is 8.17 Å². The molecule has 7 aromatic rings. The largest absolute Gasteiger partial charge is 0.332 e. The number of para-hydroxylation sites is 2. The van der Waals surface area contributed by atoms with Gasteiger partial charge in [0.15, 0.2) is 0 Å². The summed E-state index contributed by atoms with van der Waals surface area (Å²) in [7, 11) is 0. The molecule has 0 N–H and O–H groups in total. The first-order valence-electron chi connectivity index (χ1n) is 18.3. The Hall–Kier alpha value is -5.60. The van der Waals surface area contributed by atoms with E-state index in [0.717, 1.165) is 6.42 Å². The van der Waals surface area contributed by atoms with Crippen LogP contribution in [-0.2, 0) is 17.3 Å². The molecule has 51 heavy (non-hydrogen) atoms. The smallest absolute Gasteiger partial charge is 0.0650 e. The van der Waals surface area contributed by atoms with Crippen LogP contribution in [0.4, 0.5) is 11.4 Å². The Balaban J connectivity index is 1.19. The lowest BCUT2D eigenvalue weighted by molar-refractivity contribution is 0.559. The normalized spacial score (nSPS) is 18.5. The van der Waals surface area contributed by atoms with Crippen molar-refractivity contribution in [1.29, 1.82) is 0 Å². The zero-order chi connectivity index (χ0) is 34.7. The van der Waals surface area contributed by atoms with E-state index in [1.807, 2.05) is 0 Å². The third-order valence-electron chi connectivity index (χ3n) is 12.3. The maximum absolute atomic E-state index is 2.63. The van der Waals surface area contributed by atoms with E-state index in [9.17, 15) is 0 Å². The molecule has 0 saturated carbocycles. The fourth-order valence-electron chi connectivity index (χ4n) is 9.79. The van der Waals surface area contributed by atoms with Crippen LogP contribution in [0.2, 0.25) is 0 Å². The number of nitrogens with zero attached hydrogens (tertiary/aromatic N) is 2. The van der Waals surface area contributed by atoms with Gasteiger partial charge in [-0.1, -0.05) is 131 Å². The van der Waals surface area contributed by atoms with Crippen LogP contribution in [0.1, 0.15) is 68.1 Å². The van der Waals surface area contributed by atoms with E-state index < -0.39 is 0 Å². The predicted octanol–water partition coefficient (Wildman–Crippen LogP) is 12.4. The monoisotopic (exact) mass is 658 g/mol. The van der Waals surface area contributed by atoms with E-state index in [1.54, 1.807) is 0 Å². The molecular formula is C49H42N2. The van der Waals surface area contributed by atoms with Crippen molar-refractivity contribution in [2.75, 3.05) is 4.90 Å². The molecule has 2 heteroatoms. The van der Waals surface area contributed by atoms with Crippen molar-refractivity contribution in [3.8, 4) is 27.9 Å². The van der Waals surface area contributed by atoms with E-state index in [-0.39, 0.29) is 16.4 Å². The Bertz CT molecular complexity index is 2580. The van der Waals surface area contributed by atoms with Gasteiger partial charge in [-0.2, -0.15) is 0 Å². The van der Waals surface area contributed by atoms with Gasteiger partial charge < -0.3 is 9.47 Å². The van der Waals surface area contributed by atoms with Crippen LogP contribution in [0.15, 0.2) is 146 Å². The standard InChI is InChI=1S/C49H42N2/c1-47(2)42-21-13-10-18-36(42)39-29-33(24-26-43(39)47)51(34-23-25-37-35-17-9-12-20-41(35)48(3,4)44(37)30-34)49(5)28-27-46-40(31-49)38-19-11-14-22-45(38)50(46)32-15-7-6-8-16-32/h6-30H,31H2,1-5H3. The van der Waals surface area contributed by atoms with E-state index in [2.05, 4.69) is 196 Å². The van der Waals surface area contributed by atoms with Crippen molar-refractivity contribution in [1.82, 2.24) is 4.57 Å². The Kier molecular flexibility index (Phi) is 6.20. The molecule has 0 radical (unpaired) electrons. The van der Waals surface area contributed by atoms with Gasteiger partial charge in [-0.05, 0) is 106 Å². The SMILES string of the molecule is CC1(C)c2ccccc2-c2cc(N(c3ccc4c(c3)C(C)(C)c3ccccc3-4)C3(C)C=Cc4c(c5ccccc5n4-c4ccccc4)C3)ccc21. The third kappa shape index (κ3) is 4.17. The third-order valence-corrected chi connectivity index (χ3v) is 12.3. The maximum Gasteiger partial charge on any atom is 0.0650 e. The summed E-state index contributed by atoms with van der Waals surface area (Å²) >= 11 is 0. The van der Waals surface area contributed by atoms with Gasteiger partial charge in [0, 0.05) is 45.4 Å². The first-order chi connectivity index (χ1) is 24.7. The minimum Gasteiger partial charge on any atom is -0.332 e. The van der Waals surface area contributed by atoms with Gasteiger partial charge in [0.2, 0.25) is 0 Å². The molecule has 0 bridgehead atoms. The van der Waals surface area contributed by atoms with Crippen LogP contribution in [0.25, 0.3) is 44.9 Å². The predicted molar refractivity (Wildman–Crippen MR) is 215 cm³/mol. The summed E-state index contributed by atoms with van der Waals surface area (Å²) < 4.78 is 2.44. The van der Waals surface area contributed by atoms with Crippen LogP contribution in [0.3, 0.4) is 0 Å². The first kappa shape index (κ1) is 30.2. The summed E-state index contributed by atoms with van der Waals surface area (Å²) in [6.45, 7) is 11.9. The van der Waals surface area contributed by atoms with Gasteiger partial charge in [0.25, 0.3) is 0 Å². The number of hydrogen-bond donors (Lipinski definition) is 0. The van der Waals surface area contributed by atoms with Crippen molar-refractivity contribution >= 4 is 28.4 Å². The molecule has 0 amide bonds. The number of fused-ring (bicyclic) bond motifs is 9. The number of anilines is 2. The molecule has 3 aliphatic rings. The average Bonchev–Trinajstić information content (AvgIpc) is 3.68. The average molecular weight is 659 g/mol. The second-order valence-corrected chi connectivity index (χ2v) is 16.1. The number of benzene rings is 6. The minimum atomic E-state index is -0.343. The van der Waals surface area contributed by atoms with Crippen LogP contribution in [-0.4, -0.2) is 10.1 Å². The van der Waals surface area contributed by atoms with Gasteiger partial charge in [-0.25, -0.2) is 0 Å². The molecule has 10 rings (SSSR count). The molecule has 248 valence electrons. The van der Waals surface area contributed by atoms with Crippen molar-refractivity contribution in [3.63, 3.8) is 0 Å².